The Balaban J connectivity index is 2.20. The molecule has 3 N–H and O–H groups in total. The van der Waals surface area contributed by atoms with E-state index in [2.05, 4.69) is 4.98 Å². The molecule has 0 atom stereocenters. The Labute approximate surface area is 128 Å². The van der Waals surface area contributed by atoms with Crippen molar-refractivity contribution >= 4 is 22.9 Å². The molecule has 0 saturated carbocycles. The van der Waals surface area contributed by atoms with Crippen LogP contribution in [-0.4, -0.2) is 17.9 Å². The smallest absolute Gasteiger partial charge is 0.152 e. The zero-order valence-electron chi connectivity index (χ0n) is 12.4. The number of aromatic nitrogens is 1. The molecule has 0 aliphatic rings. The maximum atomic E-state index is 11.6. The summed E-state index contributed by atoms with van der Waals surface area (Å²) in [6, 6.07) is 13.6. The molecule has 4 heteroatoms. The van der Waals surface area contributed by atoms with E-state index in [1.54, 1.807) is 0 Å². The van der Waals surface area contributed by atoms with Crippen LogP contribution >= 0.6 is 0 Å². The molecule has 0 spiro atoms. The van der Waals surface area contributed by atoms with Gasteiger partial charge < -0.3 is 15.5 Å². The third-order valence-electron chi connectivity index (χ3n) is 3.69. The number of nitrogens with two attached hydrogens (primary N) is 1. The molecule has 0 aliphatic carbocycles. The van der Waals surface area contributed by atoms with E-state index >= 15 is 0 Å². The molecule has 112 valence electrons. The van der Waals surface area contributed by atoms with Gasteiger partial charge in [-0.15, -0.1) is 0 Å². The standard InChI is InChI=1S/C18H18N2O2/c1-2-22-11-12-8-14-15(10-21)17(13-6-4-3-5-7-13)20-18(14)16(19)9-12/h3-10,20H,2,11,19H2,1H3. The lowest BCUT2D eigenvalue weighted by Crippen LogP contribution is -1.95. The molecule has 0 unspecified atom stereocenters. The lowest BCUT2D eigenvalue weighted by atomic mass is 10.0. The highest BCUT2D eigenvalue weighted by molar-refractivity contribution is 6.07. The summed E-state index contributed by atoms with van der Waals surface area (Å²) in [6.07, 6.45) is 0.880. The number of benzene rings is 2. The molecular weight excluding hydrogens is 276 g/mol. The van der Waals surface area contributed by atoms with E-state index in [0.717, 1.165) is 34.0 Å². The lowest BCUT2D eigenvalue weighted by molar-refractivity contribution is 0.112. The van der Waals surface area contributed by atoms with Gasteiger partial charge in [0.05, 0.1) is 23.5 Å². The number of ether oxygens (including phenoxy) is 1. The minimum Gasteiger partial charge on any atom is -0.397 e. The van der Waals surface area contributed by atoms with Gasteiger partial charge in [0.2, 0.25) is 0 Å². The van der Waals surface area contributed by atoms with E-state index in [-0.39, 0.29) is 0 Å². The number of H-pyrrole nitrogens is 1. The summed E-state index contributed by atoms with van der Waals surface area (Å²) >= 11 is 0. The van der Waals surface area contributed by atoms with Crippen molar-refractivity contribution in [1.29, 1.82) is 0 Å². The number of fused-ring (bicyclic) bond motifs is 1. The molecule has 2 aromatic carbocycles. The fourth-order valence-corrected chi connectivity index (χ4v) is 2.66. The Hall–Kier alpha value is -2.59. The predicted molar refractivity (Wildman–Crippen MR) is 88.9 cm³/mol. The van der Waals surface area contributed by atoms with Crippen molar-refractivity contribution in [3.05, 3.63) is 53.6 Å². The van der Waals surface area contributed by atoms with Crippen LogP contribution in [0.25, 0.3) is 22.2 Å². The summed E-state index contributed by atoms with van der Waals surface area (Å²) in [6.45, 7) is 3.07. The maximum Gasteiger partial charge on any atom is 0.152 e. The van der Waals surface area contributed by atoms with Gasteiger partial charge in [0.1, 0.15) is 0 Å². The molecule has 3 rings (SSSR count). The van der Waals surface area contributed by atoms with Gasteiger partial charge in [-0.2, -0.15) is 0 Å². The second-order valence-corrected chi connectivity index (χ2v) is 5.14. The van der Waals surface area contributed by atoms with Gasteiger partial charge in [0.15, 0.2) is 6.29 Å². The van der Waals surface area contributed by atoms with Crippen LogP contribution in [0.3, 0.4) is 0 Å². The molecule has 0 amide bonds. The molecule has 0 saturated heterocycles. The van der Waals surface area contributed by atoms with Crippen molar-refractivity contribution in [3.8, 4) is 11.3 Å². The minimum atomic E-state index is 0.487. The van der Waals surface area contributed by atoms with Crippen molar-refractivity contribution in [2.24, 2.45) is 0 Å². The zero-order chi connectivity index (χ0) is 15.5. The number of anilines is 1. The number of carbonyl (C=O) groups excluding carboxylic acids is 1. The fraction of sp³-hybridized carbons (Fsp3) is 0.167. The van der Waals surface area contributed by atoms with Crippen LogP contribution in [0.5, 0.6) is 0 Å². The summed E-state index contributed by atoms with van der Waals surface area (Å²) in [5, 5.41) is 0.837. The number of hydrogen-bond donors (Lipinski definition) is 2. The second-order valence-electron chi connectivity index (χ2n) is 5.14. The second kappa shape index (κ2) is 6.03. The van der Waals surface area contributed by atoms with Crippen molar-refractivity contribution in [2.45, 2.75) is 13.5 Å². The van der Waals surface area contributed by atoms with Crippen molar-refractivity contribution in [1.82, 2.24) is 4.98 Å². The summed E-state index contributed by atoms with van der Waals surface area (Å²) in [5.74, 6) is 0. The topological polar surface area (TPSA) is 68.1 Å². The van der Waals surface area contributed by atoms with Gasteiger partial charge in [0.25, 0.3) is 0 Å². The van der Waals surface area contributed by atoms with Gasteiger partial charge in [-0.1, -0.05) is 30.3 Å². The number of nitrogen functional groups attached to an aromatic ring is 1. The van der Waals surface area contributed by atoms with Gasteiger partial charge in [-0.25, -0.2) is 0 Å². The highest BCUT2D eigenvalue weighted by atomic mass is 16.5. The van der Waals surface area contributed by atoms with E-state index in [1.165, 1.54) is 0 Å². The third kappa shape index (κ3) is 2.49. The highest BCUT2D eigenvalue weighted by Gasteiger charge is 2.15. The van der Waals surface area contributed by atoms with Gasteiger partial charge in [-0.3, -0.25) is 4.79 Å². The van der Waals surface area contributed by atoms with Gasteiger partial charge in [0, 0.05) is 17.6 Å². The van der Waals surface area contributed by atoms with E-state index in [4.69, 9.17) is 10.5 Å². The van der Waals surface area contributed by atoms with E-state index in [9.17, 15) is 4.79 Å². The SMILES string of the molecule is CCOCc1cc(N)c2[nH]c(-c3ccccc3)c(C=O)c2c1. The van der Waals surface area contributed by atoms with Crippen molar-refractivity contribution in [2.75, 3.05) is 12.3 Å². The summed E-state index contributed by atoms with van der Waals surface area (Å²) < 4.78 is 5.43. The number of aldehydes is 1. The lowest BCUT2D eigenvalue weighted by Gasteiger charge is -2.04. The average Bonchev–Trinajstić information content (AvgIpc) is 2.93. The highest BCUT2D eigenvalue weighted by Crippen LogP contribution is 2.33. The van der Waals surface area contributed by atoms with E-state index in [1.807, 2.05) is 49.4 Å². The first-order valence-electron chi connectivity index (χ1n) is 7.27. The predicted octanol–water partition coefficient (Wildman–Crippen LogP) is 3.77. The molecule has 22 heavy (non-hydrogen) atoms. The Morgan fingerprint density at radius 2 is 2.00 bits per heavy atom. The normalized spacial score (nSPS) is 11.0. The number of aromatic amines is 1. The number of rotatable bonds is 5. The number of nitrogens with one attached hydrogen (secondary N) is 1. The van der Waals surface area contributed by atoms with Crippen molar-refractivity contribution in [3.63, 3.8) is 0 Å². The summed E-state index contributed by atoms with van der Waals surface area (Å²) in [7, 11) is 0. The quantitative estimate of drug-likeness (QED) is 0.556. The van der Waals surface area contributed by atoms with Gasteiger partial charge >= 0.3 is 0 Å². The first-order valence-corrected chi connectivity index (χ1v) is 7.27. The Bertz CT molecular complexity index is 807. The Morgan fingerprint density at radius 1 is 1.23 bits per heavy atom. The molecule has 0 radical (unpaired) electrons. The maximum absolute atomic E-state index is 11.6. The van der Waals surface area contributed by atoms with Crippen LogP contribution in [0.15, 0.2) is 42.5 Å². The van der Waals surface area contributed by atoms with Crippen LogP contribution in [-0.2, 0) is 11.3 Å². The minimum absolute atomic E-state index is 0.487. The third-order valence-corrected chi connectivity index (χ3v) is 3.69. The summed E-state index contributed by atoms with van der Waals surface area (Å²) in [5.41, 5.74) is 10.9. The van der Waals surface area contributed by atoms with Crippen LogP contribution < -0.4 is 5.73 Å². The number of carbonyl (C=O) groups is 1. The van der Waals surface area contributed by atoms with Crippen LogP contribution in [0.4, 0.5) is 5.69 Å². The largest absolute Gasteiger partial charge is 0.397 e. The van der Waals surface area contributed by atoms with Crippen LogP contribution in [0.1, 0.15) is 22.8 Å². The molecular formula is C18H18N2O2. The Kier molecular flexibility index (Phi) is 3.94. The first kappa shape index (κ1) is 14.4. The van der Waals surface area contributed by atoms with E-state index in [0.29, 0.717) is 24.5 Å². The molecule has 0 aliphatic heterocycles. The molecule has 3 aromatic rings. The van der Waals surface area contributed by atoms with Crippen molar-refractivity contribution < 1.29 is 9.53 Å². The molecule has 1 heterocycles. The van der Waals surface area contributed by atoms with E-state index < -0.39 is 0 Å². The summed E-state index contributed by atoms with van der Waals surface area (Å²) in [4.78, 5) is 14.9. The monoisotopic (exact) mass is 294 g/mol. The molecule has 1 aromatic heterocycles. The molecule has 4 nitrogen and oxygen atoms in total. The zero-order valence-corrected chi connectivity index (χ0v) is 12.4. The number of hydrogen-bond acceptors (Lipinski definition) is 3. The molecule has 0 bridgehead atoms. The van der Waals surface area contributed by atoms with Crippen LogP contribution in [0.2, 0.25) is 0 Å². The Morgan fingerprint density at radius 3 is 2.68 bits per heavy atom. The van der Waals surface area contributed by atoms with Gasteiger partial charge in [-0.05, 0) is 30.2 Å². The van der Waals surface area contributed by atoms with Crippen LogP contribution in [0, 0.1) is 0 Å². The fourth-order valence-electron chi connectivity index (χ4n) is 2.66. The molecule has 0 fully saturated rings. The average molecular weight is 294 g/mol. The first-order chi connectivity index (χ1) is 10.7.